The van der Waals surface area contributed by atoms with Gasteiger partial charge in [0.2, 0.25) is 0 Å². The van der Waals surface area contributed by atoms with Gasteiger partial charge in [-0.25, -0.2) is 4.99 Å². The molecule has 2 aliphatic heterocycles. The minimum atomic E-state index is -0.310. The molecule has 0 amide bonds. The van der Waals surface area contributed by atoms with Crippen LogP contribution in [0, 0.1) is 5.92 Å². The zero-order valence-electron chi connectivity index (χ0n) is 15.9. The summed E-state index contributed by atoms with van der Waals surface area (Å²) in [6.45, 7) is 11.0. The maximum absolute atomic E-state index is 4.93. The number of rotatable bonds is 4. The first-order chi connectivity index (χ1) is 12.0. The van der Waals surface area contributed by atoms with Crippen LogP contribution in [0.4, 0.5) is 5.69 Å². The van der Waals surface area contributed by atoms with Gasteiger partial charge in [0.05, 0.1) is 17.6 Å². The highest BCUT2D eigenvalue weighted by Gasteiger charge is 2.23. The summed E-state index contributed by atoms with van der Waals surface area (Å²) in [5, 5.41) is 3.20. The zero-order valence-corrected chi connectivity index (χ0v) is 15.9. The van der Waals surface area contributed by atoms with E-state index >= 15 is 0 Å². The Labute approximate surface area is 151 Å². The van der Waals surface area contributed by atoms with E-state index < -0.39 is 0 Å². The number of hydrogen-bond donors (Lipinski definition) is 1. The molecule has 1 N–H and O–H groups in total. The van der Waals surface area contributed by atoms with Gasteiger partial charge in [-0.2, -0.15) is 0 Å². The van der Waals surface area contributed by atoms with Crippen molar-refractivity contribution in [3.05, 3.63) is 41.6 Å². The molecule has 3 rings (SSSR count). The van der Waals surface area contributed by atoms with Crippen LogP contribution in [0.5, 0.6) is 0 Å². The minimum Gasteiger partial charge on any atom is -0.372 e. The third kappa shape index (κ3) is 4.30. The molecule has 0 atom stereocenters. The second kappa shape index (κ2) is 7.42. The molecule has 0 bridgehead atoms. The van der Waals surface area contributed by atoms with Crippen LogP contribution < -0.4 is 10.2 Å². The Hall–Kier alpha value is -2.10. The predicted octanol–water partition coefficient (Wildman–Crippen LogP) is 4.48. The Morgan fingerprint density at radius 1 is 1.12 bits per heavy atom. The molecule has 25 heavy (non-hydrogen) atoms. The summed E-state index contributed by atoms with van der Waals surface area (Å²) >= 11 is 0. The molecule has 1 fully saturated rings. The van der Waals surface area contributed by atoms with E-state index in [9.17, 15) is 0 Å². The number of allylic oxidation sites excluding steroid dienone is 1. The summed E-state index contributed by atoms with van der Waals surface area (Å²) in [5.41, 5.74) is 3.24. The summed E-state index contributed by atoms with van der Waals surface area (Å²) in [6, 6.07) is 8.91. The van der Waals surface area contributed by atoms with Gasteiger partial charge in [-0.05, 0) is 56.7 Å². The van der Waals surface area contributed by atoms with E-state index in [2.05, 4.69) is 73.2 Å². The lowest BCUT2D eigenvalue weighted by molar-refractivity contribution is 0.556. The van der Waals surface area contributed by atoms with Crippen LogP contribution in [0.1, 0.15) is 52.5 Å². The van der Waals surface area contributed by atoms with E-state index in [1.807, 2.05) is 0 Å². The zero-order chi connectivity index (χ0) is 17.9. The highest BCUT2D eigenvalue weighted by atomic mass is 15.1. The maximum Gasteiger partial charge on any atom is 0.173 e. The number of anilines is 1. The lowest BCUT2D eigenvalue weighted by Gasteiger charge is -2.29. The second-order valence-electron chi connectivity index (χ2n) is 7.82. The van der Waals surface area contributed by atoms with Gasteiger partial charge in [0, 0.05) is 18.8 Å². The summed E-state index contributed by atoms with van der Waals surface area (Å²) < 4.78 is 0. The molecule has 4 nitrogen and oxygen atoms in total. The quantitative estimate of drug-likeness (QED) is 0.879. The van der Waals surface area contributed by atoms with Gasteiger partial charge in [-0.1, -0.05) is 32.1 Å². The number of nitrogens with one attached hydrogen (secondary N) is 1. The number of piperidine rings is 1. The van der Waals surface area contributed by atoms with Gasteiger partial charge < -0.3 is 10.2 Å². The average molecular weight is 338 g/mol. The second-order valence-corrected chi connectivity index (χ2v) is 7.82. The van der Waals surface area contributed by atoms with Crippen molar-refractivity contribution in [1.29, 1.82) is 0 Å². The summed E-state index contributed by atoms with van der Waals surface area (Å²) in [6.07, 6.45) is 7.86. The predicted molar refractivity (Wildman–Crippen MR) is 108 cm³/mol. The molecule has 2 heterocycles. The van der Waals surface area contributed by atoms with Crippen LogP contribution in [-0.2, 0) is 5.54 Å². The van der Waals surface area contributed by atoms with Gasteiger partial charge in [0.25, 0.3) is 0 Å². The Kier molecular flexibility index (Phi) is 5.26. The molecule has 0 aliphatic carbocycles. The minimum absolute atomic E-state index is 0.310. The Bertz CT molecular complexity index is 674. The first kappa shape index (κ1) is 17.7. The molecule has 1 aromatic carbocycles. The van der Waals surface area contributed by atoms with Crippen LogP contribution in [0.25, 0.3) is 0 Å². The van der Waals surface area contributed by atoms with Crippen LogP contribution in [0.15, 0.2) is 46.0 Å². The first-order valence-electron chi connectivity index (χ1n) is 9.42. The molecule has 2 aliphatic rings. The fourth-order valence-electron chi connectivity index (χ4n) is 3.40. The third-order valence-electron chi connectivity index (χ3n) is 4.83. The number of hydrogen-bond acceptors (Lipinski definition) is 3. The molecule has 4 heteroatoms. The molecule has 134 valence electrons. The standard InChI is InChI=1S/C21H30N4/c1-16(2)14-19-20(23-15-22-19)24-21(3,4)17-8-10-18(11-9-17)25-12-6-5-7-13-25/h8-11,14-16H,5-7,12-13H2,1-4H3,(H,22,23,24)/b19-14+. The molecule has 0 unspecified atom stereocenters. The van der Waals surface area contributed by atoms with Crippen molar-refractivity contribution in [3.8, 4) is 0 Å². The van der Waals surface area contributed by atoms with E-state index in [1.54, 1.807) is 6.34 Å². The van der Waals surface area contributed by atoms with Crippen molar-refractivity contribution >= 4 is 17.9 Å². The van der Waals surface area contributed by atoms with E-state index in [4.69, 9.17) is 4.99 Å². The summed E-state index contributed by atoms with van der Waals surface area (Å²) in [4.78, 5) is 11.8. The highest BCUT2D eigenvalue weighted by Crippen LogP contribution is 2.29. The first-order valence-corrected chi connectivity index (χ1v) is 9.42. The molecular formula is C21H30N4. The molecule has 1 aromatic rings. The summed E-state index contributed by atoms with van der Waals surface area (Å²) in [5.74, 6) is 1.25. The SMILES string of the molecule is CC(C)/C=C1/NC=NC1=NC(C)(C)c1ccc(N2CCCCC2)cc1. The van der Waals surface area contributed by atoms with Gasteiger partial charge in [0.15, 0.2) is 5.84 Å². The third-order valence-corrected chi connectivity index (χ3v) is 4.83. The fourth-order valence-corrected chi connectivity index (χ4v) is 3.40. The van der Waals surface area contributed by atoms with E-state index in [1.165, 1.54) is 43.6 Å². The molecule has 0 aromatic heterocycles. The fraction of sp³-hybridized carbons (Fsp3) is 0.524. The van der Waals surface area contributed by atoms with E-state index in [0.29, 0.717) is 5.92 Å². The Balaban J connectivity index is 1.79. The molecule has 0 saturated carbocycles. The van der Waals surface area contributed by atoms with Crippen LogP contribution in [0.2, 0.25) is 0 Å². The van der Waals surface area contributed by atoms with E-state index in [0.717, 1.165) is 11.5 Å². The monoisotopic (exact) mass is 338 g/mol. The van der Waals surface area contributed by atoms with Crippen LogP contribution in [0.3, 0.4) is 0 Å². The smallest absolute Gasteiger partial charge is 0.173 e. The van der Waals surface area contributed by atoms with Crippen molar-refractivity contribution in [2.75, 3.05) is 18.0 Å². The van der Waals surface area contributed by atoms with Crippen LogP contribution >= 0.6 is 0 Å². The lowest BCUT2D eigenvalue weighted by Crippen LogP contribution is -2.29. The van der Waals surface area contributed by atoms with Gasteiger partial charge >= 0.3 is 0 Å². The number of benzene rings is 1. The number of amidine groups is 1. The maximum atomic E-state index is 4.93. The number of nitrogens with zero attached hydrogens (tertiary/aromatic N) is 3. The van der Waals surface area contributed by atoms with Crippen LogP contribution in [-0.4, -0.2) is 25.3 Å². The van der Waals surface area contributed by atoms with Crippen molar-refractivity contribution in [2.45, 2.75) is 52.5 Å². The van der Waals surface area contributed by atoms with Gasteiger partial charge in [-0.15, -0.1) is 0 Å². The van der Waals surface area contributed by atoms with Crippen molar-refractivity contribution in [2.24, 2.45) is 15.9 Å². The molecule has 0 spiro atoms. The largest absolute Gasteiger partial charge is 0.372 e. The Morgan fingerprint density at radius 2 is 1.80 bits per heavy atom. The molecular weight excluding hydrogens is 308 g/mol. The highest BCUT2D eigenvalue weighted by molar-refractivity contribution is 6.08. The van der Waals surface area contributed by atoms with Gasteiger partial charge in [-0.3, -0.25) is 4.99 Å². The van der Waals surface area contributed by atoms with Gasteiger partial charge in [0.1, 0.15) is 0 Å². The Morgan fingerprint density at radius 3 is 2.44 bits per heavy atom. The lowest BCUT2D eigenvalue weighted by atomic mass is 9.94. The topological polar surface area (TPSA) is 40.0 Å². The average Bonchev–Trinajstić information content (AvgIpc) is 3.01. The molecule has 0 radical (unpaired) electrons. The van der Waals surface area contributed by atoms with E-state index in [-0.39, 0.29) is 5.54 Å². The van der Waals surface area contributed by atoms with Crippen molar-refractivity contribution < 1.29 is 0 Å². The van der Waals surface area contributed by atoms with Crippen molar-refractivity contribution in [3.63, 3.8) is 0 Å². The number of aliphatic imine (C=N–C) groups is 2. The summed E-state index contributed by atoms with van der Waals surface area (Å²) in [7, 11) is 0. The van der Waals surface area contributed by atoms with Crippen molar-refractivity contribution in [1.82, 2.24) is 5.32 Å². The normalized spacial score (nSPS) is 21.4. The molecule has 1 saturated heterocycles.